The van der Waals surface area contributed by atoms with Gasteiger partial charge in [0.15, 0.2) is 0 Å². The van der Waals surface area contributed by atoms with Crippen molar-refractivity contribution in [2.24, 2.45) is 5.92 Å². The minimum atomic E-state index is -0.306. The second-order valence-electron chi connectivity index (χ2n) is 5.71. The first-order valence-electron chi connectivity index (χ1n) is 7.65. The van der Waals surface area contributed by atoms with Crippen LogP contribution in [0.15, 0.2) is 53.3 Å². The summed E-state index contributed by atoms with van der Waals surface area (Å²) in [5.41, 5.74) is 1.86. The van der Waals surface area contributed by atoms with Gasteiger partial charge in [0.25, 0.3) is 0 Å². The van der Waals surface area contributed by atoms with Gasteiger partial charge in [0.2, 0.25) is 5.82 Å². The van der Waals surface area contributed by atoms with E-state index in [2.05, 4.69) is 15.5 Å². The lowest BCUT2D eigenvalue weighted by Crippen LogP contribution is -2.25. The number of nitrogens with one attached hydrogen (secondary N) is 1. The highest BCUT2D eigenvalue weighted by Crippen LogP contribution is 2.27. The second-order valence-corrected chi connectivity index (χ2v) is 5.71. The summed E-state index contributed by atoms with van der Waals surface area (Å²) in [5.74, 6) is 0.734. The van der Waals surface area contributed by atoms with Crippen molar-refractivity contribution in [3.63, 3.8) is 0 Å². The Morgan fingerprint density at radius 2 is 1.96 bits per heavy atom. The number of amides is 1. The Bertz CT molecular complexity index is 802. The van der Waals surface area contributed by atoms with Crippen molar-refractivity contribution >= 4 is 5.91 Å². The third kappa shape index (κ3) is 3.01. The fourth-order valence-electron chi connectivity index (χ4n) is 2.36. The highest BCUT2D eigenvalue weighted by molar-refractivity contribution is 5.89. The fraction of sp³-hybridized carbons (Fsp3) is 0.235. The molecule has 0 radical (unpaired) electrons. The molecular weight excluding hydrogens is 292 g/mol. The van der Waals surface area contributed by atoms with Crippen LogP contribution >= 0.6 is 0 Å². The third-order valence-electron chi connectivity index (χ3n) is 3.90. The van der Waals surface area contributed by atoms with Gasteiger partial charge in [-0.2, -0.15) is 4.98 Å². The highest BCUT2D eigenvalue weighted by Gasteiger charge is 2.23. The predicted octanol–water partition coefficient (Wildman–Crippen LogP) is 2.67. The van der Waals surface area contributed by atoms with Gasteiger partial charge >= 0.3 is 11.8 Å². The predicted molar refractivity (Wildman–Crippen MR) is 84.1 cm³/mol. The van der Waals surface area contributed by atoms with Gasteiger partial charge in [0, 0.05) is 30.2 Å². The molecule has 116 valence electrons. The largest absolute Gasteiger partial charge is 0.348 e. The molecule has 0 spiro atoms. The van der Waals surface area contributed by atoms with E-state index < -0.39 is 0 Å². The molecule has 2 aromatic heterocycles. The average Bonchev–Trinajstić information content (AvgIpc) is 3.06. The maximum Gasteiger partial charge on any atom is 0.316 e. The minimum absolute atomic E-state index is 0.00939. The van der Waals surface area contributed by atoms with Gasteiger partial charge in [-0.05, 0) is 55.2 Å². The molecule has 3 aromatic rings. The molecule has 1 amide bonds. The topological polar surface area (TPSA) is 73.0 Å². The number of benzene rings is 1. The molecule has 1 N–H and O–H groups in total. The lowest BCUT2D eigenvalue weighted by Gasteiger charge is -2.02. The average molecular weight is 308 g/mol. The Balaban J connectivity index is 1.48. The Morgan fingerprint density at radius 1 is 1.22 bits per heavy atom. The molecule has 6 heteroatoms. The van der Waals surface area contributed by atoms with Crippen molar-refractivity contribution in [2.75, 3.05) is 6.54 Å². The van der Waals surface area contributed by atoms with Crippen LogP contribution in [0.3, 0.4) is 0 Å². The SMILES string of the molecule is O=C(NCC1CC1)c1nc(-c2ccc(-n3cccc3)cc2)no1. The molecule has 23 heavy (non-hydrogen) atoms. The zero-order chi connectivity index (χ0) is 15.6. The number of rotatable bonds is 5. The highest BCUT2D eigenvalue weighted by atomic mass is 16.5. The molecule has 1 aliphatic rings. The molecule has 0 unspecified atom stereocenters. The Hall–Kier alpha value is -2.89. The van der Waals surface area contributed by atoms with Crippen LogP contribution in [0.25, 0.3) is 17.1 Å². The Kier molecular flexibility index (Phi) is 3.42. The molecule has 2 heterocycles. The Morgan fingerprint density at radius 3 is 2.65 bits per heavy atom. The van der Waals surface area contributed by atoms with E-state index in [4.69, 9.17) is 4.52 Å². The zero-order valence-corrected chi connectivity index (χ0v) is 12.5. The van der Waals surface area contributed by atoms with Crippen LogP contribution in [-0.2, 0) is 0 Å². The van der Waals surface area contributed by atoms with Gasteiger partial charge in [-0.3, -0.25) is 4.79 Å². The van der Waals surface area contributed by atoms with E-state index in [-0.39, 0.29) is 11.8 Å². The monoisotopic (exact) mass is 308 g/mol. The maximum atomic E-state index is 11.9. The molecule has 0 bridgehead atoms. The quantitative estimate of drug-likeness (QED) is 0.786. The molecule has 1 aromatic carbocycles. The van der Waals surface area contributed by atoms with Crippen LogP contribution in [0.2, 0.25) is 0 Å². The third-order valence-corrected chi connectivity index (χ3v) is 3.90. The number of carbonyl (C=O) groups excluding carboxylic acids is 1. The minimum Gasteiger partial charge on any atom is -0.348 e. The molecule has 0 saturated heterocycles. The molecule has 1 fully saturated rings. The molecule has 0 aliphatic heterocycles. The lowest BCUT2D eigenvalue weighted by atomic mass is 10.2. The summed E-state index contributed by atoms with van der Waals surface area (Å²) in [6, 6.07) is 11.7. The summed E-state index contributed by atoms with van der Waals surface area (Å²) in [4.78, 5) is 16.1. The van der Waals surface area contributed by atoms with Crippen LogP contribution in [0.5, 0.6) is 0 Å². The molecule has 0 atom stereocenters. The van der Waals surface area contributed by atoms with Crippen molar-refractivity contribution in [1.29, 1.82) is 0 Å². The summed E-state index contributed by atoms with van der Waals surface area (Å²) in [5, 5.41) is 6.70. The number of hydrogen-bond acceptors (Lipinski definition) is 4. The summed E-state index contributed by atoms with van der Waals surface area (Å²) in [6.45, 7) is 0.683. The second kappa shape index (κ2) is 5.72. The molecule has 6 nitrogen and oxygen atoms in total. The lowest BCUT2D eigenvalue weighted by molar-refractivity contribution is 0.0908. The van der Waals surface area contributed by atoms with Gasteiger partial charge in [-0.25, -0.2) is 0 Å². The normalized spacial score (nSPS) is 13.9. The summed E-state index contributed by atoms with van der Waals surface area (Å²) in [6.07, 6.45) is 6.32. The first-order valence-corrected chi connectivity index (χ1v) is 7.65. The van der Waals surface area contributed by atoms with Gasteiger partial charge in [-0.15, -0.1) is 0 Å². The van der Waals surface area contributed by atoms with E-state index in [0.717, 1.165) is 11.3 Å². The smallest absolute Gasteiger partial charge is 0.316 e. The van der Waals surface area contributed by atoms with E-state index in [1.165, 1.54) is 12.8 Å². The number of carbonyl (C=O) groups is 1. The van der Waals surface area contributed by atoms with E-state index >= 15 is 0 Å². The van der Waals surface area contributed by atoms with Crippen molar-refractivity contribution in [2.45, 2.75) is 12.8 Å². The van der Waals surface area contributed by atoms with E-state index in [1.807, 2.05) is 53.4 Å². The zero-order valence-electron chi connectivity index (χ0n) is 12.5. The van der Waals surface area contributed by atoms with Crippen LogP contribution in [-0.4, -0.2) is 27.2 Å². The van der Waals surface area contributed by atoms with Crippen molar-refractivity contribution in [3.05, 3.63) is 54.7 Å². The maximum absolute atomic E-state index is 11.9. The van der Waals surface area contributed by atoms with Gasteiger partial charge in [0.05, 0.1) is 0 Å². The van der Waals surface area contributed by atoms with Crippen molar-refractivity contribution in [1.82, 2.24) is 20.0 Å². The molecule has 1 saturated carbocycles. The van der Waals surface area contributed by atoms with Crippen LogP contribution in [0, 0.1) is 5.92 Å². The van der Waals surface area contributed by atoms with Gasteiger partial charge in [-0.1, -0.05) is 5.16 Å². The van der Waals surface area contributed by atoms with E-state index in [9.17, 15) is 4.79 Å². The standard InChI is InChI=1S/C17H16N4O2/c22-16(18-11-12-3-4-12)17-19-15(20-23-17)13-5-7-14(8-6-13)21-9-1-2-10-21/h1-2,5-10,12H,3-4,11H2,(H,18,22). The van der Waals surface area contributed by atoms with Crippen molar-refractivity contribution in [3.8, 4) is 17.1 Å². The number of aromatic nitrogens is 3. The summed E-state index contributed by atoms with van der Waals surface area (Å²) < 4.78 is 7.07. The van der Waals surface area contributed by atoms with Crippen molar-refractivity contribution < 1.29 is 9.32 Å². The summed E-state index contributed by atoms with van der Waals surface area (Å²) >= 11 is 0. The first kappa shape index (κ1) is 13.8. The van der Waals surface area contributed by atoms with Crippen LogP contribution in [0.1, 0.15) is 23.5 Å². The van der Waals surface area contributed by atoms with E-state index in [1.54, 1.807) is 0 Å². The van der Waals surface area contributed by atoms with Gasteiger partial charge < -0.3 is 14.4 Å². The Labute approximate surface area is 133 Å². The molecular formula is C17H16N4O2. The van der Waals surface area contributed by atoms with Gasteiger partial charge in [0.1, 0.15) is 0 Å². The number of nitrogens with zero attached hydrogens (tertiary/aromatic N) is 3. The van der Waals surface area contributed by atoms with Crippen LogP contribution in [0.4, 0.5) is 0 Å². The molecule has 1 aliphatic carbocycles. The summed E-state index contributed by atoms with van der Waals surface area (Å²) in [7, 11) is 0. The number of hydrogen-bond donors (Lipinski definition) is 1. The molecule has 4 rings (SSSR count). The first-order chi connectivity index (χ1) is 11.3. The fourth-order valence-corrected chi connectivity index (χ4v) is 2.36. The van der Waals surface area contributed by atoms with Crippen LogP contribution < -0.4 is 5.32 Å². The van der Waals surface area contributed by atoms with E-state index in [0.29, 0.717) is 18.3 Å².